The third kappa shape index (κ3) is 21.4. The van der Waals surface area contributed by atoms with E-state index in [0.29, 0.717) is 15.8 Å². The van der Waals surface area contributed by atoms with Crippen LogP contribution < -0.4 is 0 Å². The molecule has 0 saturated heterocycles. The van der Waals surface area contributed by atoms with Crippen molar-refractivity contribution in [1.29, 1.82) is 0 Å². The normalized spacial score (nSPS) is 10.7. The van der Waals surface area contributed by atoms with Crippen LogP contribution in [-0.2, 0) is 33.4 Å². The first-order valence-corrected chi connectivity index (χ1v) is 15.2. The second-order valence-electron chi connectivity index (χ2n) is 6.81. The summed E-state index contributed by atoms with van der Waals surface area (Å²) in [4.78, 5) is 0. The number of benzene rings is 2. The molecule has 0 aliphatic rings. The van der Waals surface area contributed by atoms with E-state index in [1.807, 2.05) is 0 Å². The maximum absolute atomic E-state index is 11.8. The van der Waals surface area contributed by atoms with Crippen LogP contribution in [0.5, 0.6) is 0 Å². The summed E-state index contributed by atoms with van der Waals surface area (Å²) >= 11 is 0. The average Bonchev–Trinajstić information content (AvgIpc) is 2.83. The van der Waals surface area contributed by atoms with Gasteiger partial charge in [0.25, 0.3) is 0 Å². The van der Waals surface area contributed by atoms with Crippen LogP contribution in [0.15, 0.2) is 48.5 Å². The van der Waals surface area contributed by atoms with Gasteiger partial charge >= 0.3 is 33.4 Å². The van der Waals surface area contributed by atoms with Crippen LogP contribution in [0.3, 0.4) is 0 Å². The number of hydrogen-bond donors (Lipinski definition) is 0. The van der Waals surface area contributed by atoms with Gasteiger partial charge in [0.2, 0.25) is 0 Å². The predicted octanol–water partition coefficient (Wildman–Crippen LogP) is 10.1. The molecule has 35 heavy (non-hydrogen) atoms. The molecule has 204 valence electrons. The van der Waals surface area contributed by atoms with Gasteiger partial charge in [0.15, 0.2) is 0 Å². The summed E-state index contributed by atoms with van der Waals surface area (Å²) < 4.78 is 70.6. The zero-order chi connectivity index (χ0) is 26.6. The fraction of sp³-hybridized carbons (Fsp3) is 0.538. The van der Waals surface area contributed by atoms with Crippen molar-refractivity contribution in [3.05, 3.63) is 71.8 Å². The predicted molar refractivity (Wildman–Crippen MR) is 138 cm³/mol. The Morgan fingerprint density at radius 3 is 0.800 bits per heavy atom. The minimum absolute atomic E-state index is 0. The fourth-order valence-electron chi connectivity index (χ4n) is 2.49. The average molecular weight is 722 g/mol. The van der Waals surface area contributed by atoms with E-state index in [9.17, 15) is 26.3 Å². The molecule has 0 aliphatic carbocycles. The Labute approximate surface area is 225 Å². The van der Waals surface area contributed by atoms with Gasteiger partial charge in [-0.25, -0.2) is 0 Å². The smallest absolute Gasteiger partial charge is 0.184 e. The van der Waals surface area contributed by atoms with Crippen molar-refractivity contribution in [3.63, 3.8) is 0 Å². The molecule has 2 rings (SSSR count). The summed E-state index contributed by atoms with van der Waals surface area (Å²) in [7, 11) is 0.892. The van der Waals surface area contributed by atoms with Crippen LogP contribution in [0.1, 0.15) is 52.7 Å². The molecule has 0 N–H and O–H groups in total. The molecule has 0 bridgehead atoms. The molecule has 0 aromatic heterocycles. The third-order valence-corrected chi connectivity index (χ3v) is 10.1. The van der Waals surface area contributed by atoms with Gasteiger partial charge in [-0.3, -0.25) is 0 Å². The van der Waals surface area contributed by atoms with Gasteiger partial charge in [-0.05, 0) is 37.0 Å². The molecule has 0 amide bonds. The number of halogens is 6. The molecule has 0 aliphatic heterocycles. The molecule has 0 unspecified atom stereocenters. The Balaban J connectivity index is -0.000000393. The van der Waals surface area contributed by atoms with E-state index < -0.39 is 23.5 Å². The van der Waals surface area contributed by atoms with Gasteiger partial charge in [-0.2, -0.15) is 87.0 Å². The van der Waals surface area contributed by atoms with E-state index in [4.69, 9.17) is 0 Å². The van der Waals surface area contributed by atoms with Crippen LogP contribution in [0.4, 0.5) is 26.3 Å². The number of rotatable bonds is 6. The van der Waals surface area contributed by atoms with Crippen LogP contribution >= 0.6 is 15.8 Å². The van der Waals surface area contributed by atoms with Gasteiger partial charge in [0.1, 0.15) is 0 Å². The van der Waals surface area contributed by atoms with Gasteiger partial charge in [-0.15, -0.1) is 15.8 Å². The maximum atomic E-state index is 11.8. The van der Waals surface area contributed by atoms with E-state index in [1.165, 1.54) is 61.2 Å². The van der Waals surface area contributed by atoms with Crippen LogP contribution in [0.25, 0.3) is 0 Å². The Morgan fingerprint density at radius 2 is 0.714 bits per heavy atom. The van der Waals surface area contributed by atoms with Crippen molar-refractivity contribution in [2.24, 2.45) is 0 Å². The fourth-order valence-corrected chi connectivity index (χ4v) is 5.18. The second-order valence-corrected chi connectivity index (χ2v) is 13.3. The Hall–Kier alpha value is -0.432. The molecule has 0 fully saturated rings. The Bertz CT molecular complexity index is 614. The molecule has 0 atom stereocenters. The van der Waals surface area contributed by atoms with Crippen molar-refractivity contribution in [1.82, 2.24) is 0 Å². The van der Waals surface area contributed by atoms with E-state index in [1.54, 1.807) is 0 Å². The first-order valence-electron chi connectivity index (χ1n) is 11.4. The molecule has 0 radical (unpaired) electrons. The summed E-state index contributed by atoms with van der Waals surface area (Å²) in [6.07, 6.45) is 0.0597. The molecule has 0 spiro atoms. The van der Waals surface area contributed by atoms with E-state index in [2.05, 4.69) is 53.7 Å². The molecule has 0 saturated carbocycles. The van der Waals surface area contributed by atoms with Crippen LogP contribution in [-0.4, -0.2) is 37.0 Å². The quantitative estimate of drug-likeness (QED) is 0.158. The molecule has 2 aromatic rings. The van der Waals surface area contributed by atoms with E-state index >= 15 is 0 Å². The van der Waals surface area contributed by atoms with Gasteiger partial charge in [-0.1, -0.05) is 52.7 Å². The first-order chi connectivity index (χ1) is 15.9. The molecule has 0 heterocycles. The van der Waals surface area contributed by atoms with Gasteiger partial charge in [0, 0.05) is 0 Å². The minimum atomic E-state index is -4.23. The largest absolute Gasteiger partial charge is 2.00 e. The summed E-state index contributed by atoms with van der Waals surface area (Å²) in [5, 5.41) is 0. The summed E-state index contributed by atoms with van der Waals surface area (Å²) in [5.74, 6) is 0. The van der Waals surface area contributed by atoms with E-state index in [-0.39, 0.29) is 21.1 Å². The maximum Gasteiger partial charge on any atom is 2.00 e. The van der Waals surface area contributed by atoms with Crippen LogP contribution in [0, 0.1) is 12.1 Å². The first kappa shape index (κ1) is 39.1. The van der Waals surface area contributed by atoms with E-state index in [0.717, 1.165) is 24.3 Å². The molecular formula is C26H38F6P2Pt. The Morgan fingerprint density at radius 1 is 0.514 bits per heavy atom. The molecule has 2 aromatic carbocycles. The SMILES string of the molecule is CCP(CC)CC.CCP(CC)CC.FC(F)(F)c1cc[c-]cc1.FC(F)(F)c1cc[c-]cc1.[Pt+2]. The van der Waals surface area contributed by atoms with Crippen molar-refractivity contribution in [2.45, 2.75) is 53.9 Å². The number of alkyl halides is 6. The van der Waals surface area contributed by atoms with Crippen molar-refractivity contribution >= 4 is 15.8 Å². The van der Waals surface area contributed by atoms with Crippen molar-refractivity contribution in [2.75, 3.05) is 37.0 Å². The zero-order valence-corrected chi connectivity index (χ0v) is 25.4. The number of hydrogen-bond acceptors (Lipinski definition) is 0. The van der Waals surface area contributed by atoms with Crippen molar-refractivity contribution < 1.29 is 47.4 Å². The van der Waals surface area contributed by atoms with Gasteiger partial charge in [0.05, 0.1) is 0 Å². The van der Waals surface area contributed by atoms with Crippen LogP contribution in [0.2, 0.25) is 0 Å². The topological polar surface area (TPSA) is 0 Å². The summed E-state index contributed by atoms with van der Waals surface area (Å²) in [6, 6.07) is 13.9. The summed E-state index contributed by atoms with van der Waals surface area (Å²) in [6.45, 7) is 13.7. The van der Waals surface area contributed by atoms with Gasteiger partial charge < -0.3 is 0 Å². The van der Waals surface area contributed by atoms with Crippen molar-refractivity contribution in [3.8, 4) is 0 Å². The molecular weight excluding hydrogens is 683 g/mol. The summed E-state index contributed by atoms with van der Waals surface area (Å²) in [5.41, 5.74) is -1.27. The monoisotopic (exact) mass is 721 g/mol. The Kier molecular flexibility index (Phi) is 25.4. The standard InChI is InChI=1S/2C7H4F3.2C6H15P.Pt/c2*8-7(9,10)6-4-2-1-3-5-6;2*1-4-7(5-2)6-3;/h2*2-5H;2*4-6H2,1-3H3;/q2*-1;;;+2. The molecule has 9 heteroatoms. The minimum Gasteiger partial charge on any atom is -0.184 e. The zero-order valence-electron chi connectivity index (χ0n) is 21.3. The molecule has 0 nitrogen and oxygen atoms in total. The third-order valence-electron chi connectivity index (χ3n) is 4.77. The second kappa shape index (κ2) is 22.7.